The Hall–Kier alpha value is -2.75. The highest BCUT2D eigenvalue weighted by atomic mass is 32.2. The lowest BCUT2D eigenvalue weighted by molar-refractivity contribution is 0.0957. The van der Waals surface area contributed by atoms with E-state index in [4.69, 9.17) is 0 Å². The smallest absolute Gasteiger partial charge is 0.271 e. The van der Waals surface area contributed by atoms with Gasteiger partial charge in [0.15, 0.2) is 20.5 Å². The lowest BCUT2D eigenvalue weighted by atomic mass is 10.3. The van der Waals surface area contributed by atoms with Crippen LogP contribution in [0, 0.1) is 0 Å². The van der Waals surface area contributed by atoms with Crippen LogP contribution in [-0.2, 0) is 16.9 Å². The Morgan fingerprint density at radius 3 is 2.57 bits per heavy atom. The first kappa shape index (κ1) is 15.2. The van der Waals surface area contributed by atoms with E-state index in [0.717, 1.165) is 11.8 Å². The van der Waals surface area contributed by atoms with E-state index in [9.17, 15) is 13.2 Å². The quantitative estimate of drug-likeness (QED) is 0.715. The summed E-state index contributed by atoms with van der Waals surface area (Å²) in [5.74, 6) is -0.484. The van der Waals surface area contributed by atoms with Crippen molar-refractivity contribution < 1.29 is 13.2 Å². The Morgan fingerprint density at radius 1 is 1.26 bits per heavy atom. The molecule has 3 aromatic heterocycles. The number of nitrogens with one attached hydrogen (secondary N) is 1. The summed E-state index contributed by atoms with van der Waals surface area (Å²) in [5, 5.41) is 6.28. The number of carbonyl (C=O) groups excluding carboxylic acids is 1. The first-order chi connectivity index (χ1) is 10.8. The zero-order valence-electron chi connectivity index (χ0n) is 12.7. The van der Waals surface area contributed by atoms with Gasteiger partial charge in [-0.05, 0) is 0 Å². The molecule has 23 heavy (non-hydrogen) atoms. The second-order valence-electron chi connectivity index (χ2n) is 5.02. The van der Waals surface area contributed by atoms with Crippen molar-refractivity contribution in [3.05, 3.63) is 30.5 Å². The van der Waals surface area contributed by atoms with Crippen LogP contribution in [0.3, 0.4) is 0 Å². The Balaban J connectivity index is 2.36. The third kappa shape index (κ3) is 2.57. The standard InChI is InChI=1S/C13H14N6O3S/c1-14-12(20)9-7-19-10(8-4-16-18(2)6-8)5-15-11(19)13(17-9)23(3,21)22/h4-7H,1-3H3,(H,14,20). The maximum atomic E-state index is 12.0. The zero-order chi connectivity index (χ0) is 16.8. The van der Waals surface area contributed by atoms with Gasteiger partial charge in [-0.2, -0.15) is 5.10 Å². The molecule has 3 heterocycles. The van der Waals surface area contributed by atoms with Gasteiger partial charge >= 0.3 is 0 Å². The number of imidazole rings is 1. The van der Waals surface area contributed by atoms with Crippen molar-refractivity contribution in [1.29, 1.82) is 0 Å². The van der Waals surface area contributed by atoms with Crippen molar-refractivity contribution in [2.24, 2.45) is 7.05 Å². The number of aryl methyl sites for hydroxylation is 1. The number of sulfone groups is 1. The molecule has 0 bridgehead atoms. The van der Waals surface area contributed by atoms with Crippen molar-refractivity contribution in [2.45, 2.75) is 5.03 Å². The SMILES string of the molecule is CNC(=O)c1cn2c(-c3cnn(C)c3)cnc2c(S(C)(=O)=O)n1. The molecule has 9 nitrogen and oxygen atoms in total. The van der Waals surface area contributed by atoms with Gasteiger partial charge in [-0.1, -0.05) is 0 Å². The number of fused-ring (bicyclic) bond motifs is 1. The maximum absolute atomic E-state index is 12.0. The molecule has 0 saturated heterocycles. The van der Waals surface area contributed by atoms with Gasteiger partial charge in [0.2, 0.25) is 0 Å². The molecule has 0 radical (unpaired) electrons. The molecule has 1 amide bonds. The number of carbonyl (C=O) groups is 1. The van der Waals surface area contributed by atoms with E-state index in [1.807, 2.05) is 0 Å². The van der Waals surface area contributed by atoms with Crippen molar-refractivity contribution in [2.75, 3.05) is 13.3 Å². The molecule has 0 spiro atoms. The minimum Gasteiger partial charge on any atom is -0.354 e. The average Bonchev–Trinajstić information content (AvgIpc) is 3.09. The predicted octanol–water partition coefficient (Wildman–Crippen LogP) is -0.107. The third-order valence-electron chi connectivity index (χ3n) is 3.27. The van der Waals surface area contributed by atoms with Crippen molar-refractivity contribution in [1.82, 2.24) is 29.5 Å². The van der Waals surface area contributed by atoms with E-state index in [-0.39, 0.29) is 16.4 Å². The van der Waals surface area contributed by atoms with Crippen LogP contribution in [-0.4, -0.2) is 51.8 Å². The summed E-state index contributed by atoms with van der Waals surface area (Å²) in [4.78, 5) is 20.0. The first-order valence-corrected chi connectivity index (χ1v) is 8.49. The first-order valence-electron chi connectivity index (χ1n) is 6.60. The highest BCUT2D eigenvalue weighted by Gasteiger charge is 2.22. The molecule has 0 aliphatic heterocycles. The molecule has 0 saturated carbocycles. The van der Waals surface area contributed by atoms with Crippen molar-refractivity contribution >= 4 is 21.4 Å². The van der Waals surface area contributed by atoms with E-state index < -0.39 is 15.7 Å². The van der Waals surface area contributed by atoms with Gasteiger partial charge in [0.05, 0.1) is 18.1 Å². The van der Waals surface area contributed by atoms with Gasteiger partial charge in [-0.3, -0.25) is 13.9 Å². The van der Waals surface area contributed by atoms with Gasteiger partial charge in [-0.15, -0.1) is 0 Å². The fraction of sp³-hybridized carbons (Fsp3) is 0.231. The van der Waals surface area contributed by atoms with Crippen LogP contribution in [0.25, 0.3) is 16.9 Å². The Morgan fingerprint density at radius 2 is 2.00 bits per heavy atom. The summed E-state index contributed by atoms with van der Waals surface area (Å²) in [6, 6.07) is 0. The molecule has 3 aromatic rings. The number of hydrogen-bond acceptors (Lipinski definition) is 6. The summed E-state index contributed by atoms with van der Waals surface area (Å²) < 4.78 is 27.1. The summed E-state index contributed by atoms with van der Waals surface area (Å²) in [5.41, 5.74) is 1.52. The fourth-order valence-electron chi connectivity index (χ4n) is 2.21. The number of rotatable bonds is 3. The molecule has 0 aliphatic rings. The summed E-state index contributed by atoms with van der Waals surface area (Å²) in [7, 11) is -0.434. The van der Waals surface area contributed by atoms with Crippen molar-refractivity contribution in [3.8, 4) is 11.3 Å². The number of aromatic nitrogens is 5. The molecule has 0 aliphatic carbocycles. The molecule has 0 fully saturated rings. The van der Waals surface area contributed by atoms with E-state index in [1.54, 1.807) is 24.1 Å². The highest BCUT2D eigenvalue weighted by Crippen LogP contribution is 2.23. The summed E-state index contributed by atoms with van der Waals surface area (Å²) in [6.07, 6.45) is 7.41. The predicted molar refractivity (Wildman–Crippen MR) is 81.7 cm³/mol. The Labute approximate surface area is 131 Å². The lowest BCUT2D eigenvalue weighted by Gasteiger charge is -2.06. The maximum Gasteiger partial charge on any atom is 0.271 e. The zero-order valence-corrected chi connectivity index (χ0v) is 13.5. The molecule has 3 rings (SSSR count). The van der Waals surface area contributed by atoms with Crippen LogP contribution < -0.4 is 5.32 Å². The molecule has 10 heteroatoms. The van der Waals surface area contributed by atoms with Crippen LogP contribution in [0.15, 0.2) is 29.8 Å². The topological polar surface area (TPSA) is 111 Å². The minimum atomic E-state index is -3.65. The average molecular weight is 334 g/mol. The van der Waals surface area contributed by atoms with E-state index >= 15 is 0 Å². The van der Waals surface area contributed by atoms with Gasteiger partial charge in [0, 0.05) is 38.3 Å². The van der Waals surface area contributed by atoms with Gasteiger partial charge in [-0.25, -0.2) is 18.4 Å². The molecular formula is C13H14N6O3S. The second kappa shape index (κ2) is 5.16. The van der Waals surface area contributed by atoms with E-state index in [0.29, 0.717) is 5.69 Å². The summed E-state index contributed by atoms with van der Waals surface area (Å²) >= 11 is 0. The minimum absolute atomic E-state index is 0.0106. The van der Waals surface area contributed by atoms with Gasteiger partial charge < -0.3 is 5.32 Å². The third-order valence-corrected chi connectivity index (χ3v) is 4.25. The van der Waals surface area contributed by atoms with Crippen LogP contribution >= 0.6 is 0 Å². The van der Waals surface area contributed by atoms with E-state index in [2.05, 4.69) is 20.4 Å². The number of nitrogens with zero attached hydrogens (tertiary/aromatic N) is 5. The van der Waals surface area contributed by atoms with Crippen LogP contribution in [0.1, 0.15) is 10.5 Å². The molecule has 0 atom stereocenters. The van der Waals surface area contributed by atoms with Crippen LogP contribution in [0.2, 0.25) is 0 Å². The van der Waals surface area contributed by atoms with Crippen LogP contribution in [0.5, 0.6) is 0 Å². The Bertz CT molecular complexity index is 1020. The number of amides is 1. The molecule has 120 valence electrons. The molecule has 0 unspecified atom stereocenters. The van der Waals surface area contributed by atoms with Gasteiger partial charge in [0.1, 0.15) is 5.69 Å². The Kier molecular flexibility index (Phi) is 3.40. The highest BCUT2D eigenvalue weighted by molar-refractivity contribution is 7.90. The fourth-order valence-corrected chi connectivity index (χ4v) is 2.96. The largest absolute Gasteiger partial charge is 0.354 e. The second-order valence-corrected chi connectivity index (χ2v) is 6.95. The van der Waals surface area contributed by atoms with Gasteiger partial charge in [0.25, 0.3) is 5.91 Å². The van der Waals surface area contributed by atoms with Crippen LogP contribution in [0.4, 0.5) is 0 Å². The molecule has 1 N–H and O–H groups in total. The normalized spacial score (nSPS) is 11.8. The summed E-state index contributed by atoms with van der Waals surface area (Å²) in [6.45, 7) is 0. The lowest BCUT2D eigenvalue weighted by Crippen LogP contribution is -2.21. The van der Waals surface area contributed by atoms with Crippen molar-refractivity contribution in [3.63, 3.8) is 0 Å². The molecule has 0 aromatic carbocycles. The van der Waals surface area contributed by atoms with E-state index in [1.165, 1.54) is 23.8 Å². The number of hydrogen-bond donors (Lipinski definition) is 1. The monoisotopic (exact) mass is 334 g/mol. The molecular weight excluding hydrogens is 320 g/mol.